The van der Waals surface area contributed by atoms with Crippen molar-refractivity contribution in [3.05, 3.63) is 52.8 Å². The summed E-state index contributed by atoms with van der Waals surface area (Å²) in [6.45, 7) is 5.94. The highest BCUT2D eigenvalue weighted by Crippen LogP contribution is 2.38. The number of halogens is 3. The Morgan fingerprint density at radius 1 is 1.17 bits per heavy atom. The van der Waals surface area contributed by atoms with Crippen LogP contribution in [0.3, 0.4) is 0 Å². The minimum absolute atomic E-state index is 0.178. The van der Waals surface area contributed by atoms with Crippen LogP contribution in [0.15, 0.2) is 30.3 Å². The minimum atomic E-state index is -4.78. The van der Waals surface area contributed by atoms with Crippen molar-refractivity contribution in [1.82, 2.24) is 15.1 Å². The normalized spacial score (nSPS) is 14.6. The molecule has 0 amide bonds. The maximum Gasteiger partial charge on any atom is 0.422 e. The van der Waals surface area contributed by atoms with Gasteiger partial charge in [-0.05, 0) is 26.3 Å². The van der Waals surface area contributed by atoms with Crippen molar-refractivity contribution in [2.75, 3.05) is 6.54 Å². The van der Waals surface area contributed by atoms with Crippen LogP contribution in [0.4, 0.5) is 13.2 Å². The van der Waals surface area contributed by atoms with Gasteiger partial charge in [-0.1, -0.05) is 30.3 Å². The summed E-state index contributed by atoms with van der Waals surface area (Å²) in [7, 11) is 0. The van der Waals surface area contributed by atoms with Crippen molar-refractivity contribution in [3.8, 4) is 0 Å². The van der Waals surface area contributed by atoms with Crippen molar-refractivity contribution in [1.29, 1.82) is 0 Å². The van der Waals surface area contributed by atoms with Crippen molar-refractivity contribution in [2.24, 2.45) is 0 Å². The molecular formula is C17H22F3N3O. The molecule has 0 bridgehead atoms. The SMILES string of the molecule is CCn1nc(C)c(CNC[C@](O)(c2ccccc2)C(F)(F)F)c1C. The number of hydrogen-bond donors (Lipinski definition) is 2. The third-order valence-electron chi connectivity index (χ3n) is 4.23. The number of aliphatic hydroxyl groups is 1. The molecule has 0 saturated heterocycles. The first-order chi connectivity index (χ1) is 11.2. The van der Waals surface area contributed by atoms with Gasteiger partial charge in [-0.2, -0.15) is 18.3 Å². The average molecular weight is 341 g/mol. The van der Waals surface area contributed by atoms with Crippen LogP contribution in [-0.4, -0.2) is 27.6 Å². The molecule has 7 heteroatoms. The highest BCUT2D eigenvalue weighted by atomic mass is 19.4. The Hall–Kier alpha value is -1.86. The second-order valence-corrected chi connectivity index (χ2v) is 5.79. The van der Waals surface area contributed by atoms with E-state index in [2.05, 4.69) is 10.4 Å². The van der Waals surface area contributed by atoms with E-state index in [1.165, 1.54) is 24.3 Å². The molecule has 1 aromatic heterocycles. The summed E-state index contributed by atoms with van der Waals surface area (Å²) in [4.78, 5) is 0. The molecule has 0 fully saturated rings. The molecule has 2 rings (SSSR count). The zero-order valence-corrected chi connectivity index (χ0v) is 14.0. The van der Waals surface area contributed by atoms with Crippen LogP contribution in [0.1, 0.15) is 29.4 Å². The van der Waals surface area contributed by atoms with Gasteiger partial charge in [0.1, 0.15) is 0 Å². The third-order valence-corrected chi connectivity index (χ3v) is 4.23. The van der Waals surface area contributed by atoms with E-state index in [0.717, 1.165) is 17.0 Å². The topological polar surface area (TPSA) is 50.1 Å². The van der Waals surface area contributed by atoms with Gasteiger partial charge < -0.3 is 10.4 Å². The third kappa shape index (κ3) is 3.47. The van der Waals surface area contributed by atoms with Gasteiger partial charge in [0.25, 0.3) is 0 Å². The van der Waals surface area contributed by atoms with Gasteiger partial charge in [0.15, 0.2) is 5.60 Å². The molecule has 1 aromatic carbocycles. The van der Waals surface area contributed by atoms with E-state index >= 15 is 0 Å². The number of rotatable bonds is 6. The molecular weight excluding hydrogens is 319 g/mol. The lowest BCUT2D eigenvalue weighted by Crippen LogP contribution is -2.49. The molecule has 0 aliphatic carbocycles. The summed E-state index contributed by atoms with van der Waals surface area (Å²) >= 11 is 0. The fourth-order valence-electron chi connectivity index (χ4n) is 2.75. The molecule has 0 aliphatic rings. The van der Waals surface area contributed by atoms with Gasteiger partial charge in [0, 0.05) is 30.9 Å². The standard InChI is InChI=1S/C17H22F3N3O/c1-4-23-13(3)15(12(2)22-23)10-21-11-16(24,17(18,19)20)14-8-6-5-7-9-14/h5-9,21,24H,4,10-11H2,1-3H3/t16-/m0/s1. The first-order valence-corrected chi connectivity index (χ1v) is 7.79. The van der Waals surface area contributed by atoms with Crippen LogP contribution in [0.25, 0.3) is 0 Å². The molecule has 0 spiro atoms. The number of benzene rings is 1. The number of nitrogens with one attached hydrogen (secondary N) is 1. The molecule has 132 valence electrons. The summed E-state index contributed by atoms with van der Waals surface area (Å²) in [5, 5.41) is 17.4. The first-order valence-electron chi connectivity index (χ1n) is 7.79. The maximum atomic E-state index is 13.4. The first kappa shape index (κ1) is 18.5. The van der Waals surface area contributed by atoms with Crippen molar-refractivity contribution in [2.45, 2.75) is 45.6 Å². The fourth-order valence-corrected chi connectivity index (χ4v) is 2.75. The van der Waals surface area contributed by atoms with E-state index < -0.39 is 18.3 Å². The van der Waals surface area contributed by atoms with E-state index in [1.807, 2.05) is 20.8 Å². The van der Waals surface area contributed by atoms with Gasteiger partial charge in [0.2, 0.25) is 0 Å². The minimum Gasteiger partial charge on any atom is -0.375 e. The summed E-state index contributed by atoms with van der Waals surface area (Å²) in [6, 6.07) is 7.12. The summed E-state index contributed by atoms with van der Waals surface area (Å²) in [5.74, 6) is 0. The molecule has 4 nitrogen and oxygen atoms in total. The van der Waals surface area contributed by atoms with E-state index in [1.54, 1.807) is 10.7 Å². The van der Waals surface area contributed by atoms with Crippen LogP contribution in [0.5, 0.6) is 0 Å². The van der Waals surface area contributed by atoms with Crippen molar-refractivity contribution in [3.63, 3.8) is 0 Å². The zero-order valence-electron chi connectivity index (χ0n) is 14.0. The van der Waals surface area contributed by atoms with Gasteiger partial charge in [-0.3, -0.25) is 4.68 Å². The van der Waals surface area contributed by atoms with Crippen LogP contribution < -0.4 is 5.32 Å². The number of aromatic nitrogens is 2. The Labute approximate surface area is 139 Å². The van der Waals surface area contributed by atoms with Crippen molar-refractivity contribution >= 4 is 0 Å². The Morgan fingerprint density at radius 2 is 1.79 bits per heavy atom. The molecule has 0 radical (unpaired) electrons. The van der Waals surface area contributed by atoms with E-state index in [9.17, 15) is 18.3 Å². The number of nitrogens with zero attached hydrogens (tertiary/aromatic N) is 2. The monoisotopic (exact) mass is 341 g/mol. The van der Waals surface area contributed by atoms with Crippen LogP contribution in [0, 0.1) is 13.8 Å². The molecule has 2 N–H and O–H groups in total. The molecule has 0 saturated carbocycles. The Balaban J connectivity index is 2.17. The van der Waals surface area contributed by atoms with E-state index in [0.29, 0.717) is 6.54 Å². The quantitative estimate of drug-likeness (QED) is 0.849. The highest BCUT2D eigenvalue weighted by molar-refractivity contribution is 5.26. The largest absolute Gasteiger partial charge is 0.422 e. The fraction of sp³-hybridized carbons (Fsp3) is 0.471. The molecule has 24 heavy (non-hydrogen) atoms. The zero-order chi connectivity index (χ0) is 18.0. The van der Waals surface area contributed by atoms with Gasteiger partial charge >= 0.3 is 6.18 Å². The van der Waals surface area contributed by atoms with E-state index in [-0.39, 0.29) is 12.1 Å². The predicted octanol–water partition coefficient (Wildman–Crippen LogP) is 3.06. The Bertz CT molecular complexity index is 682. The number of aryl methyl sites for hydroxylation is 2. The lowest BCUT2D eigenvalue weighted by molar-refractivity contribution is -0.264. The second-order valence-electron chi connectivity index (χ2n) is 5.79. The summed E-state index contributed by atoms with van der Waals surface area (Å²) in [6.07, 6.45) is -4.78. The van der Waals surface area contributed by atoms with Gasteiger partial charge in [-0.25, -0.2) is 0 Å². The number of hydrogen-bond acceptors (Lipinski definition) is 3. The van der Waals surface area contributed by atoms with Crippen LogP contribution in [0.2, 0.25) is 0 Å². The summed E-state index contributed by atoms with van der Waals surface area (Å²) < 4.78 is 42.1. The predicted molar refractivity (Wildman–Crippen MR) is 85.5 cm³/mol. The lowest BCUT2D eigenvalue weighted by atomic mass is 9.93. The molecule has 2 aromatic rings. The van der Waals surface area contributed by atoms with E-state index in [4.69, 9.17) is 0 Å². The maximum absolute atomic E-state index is 13.4. The lowest BCUT2D eigenvalue weighted by Gasteiger charge is -2.31. The second kappa shape index (κ2) is 6.94. The molecule has 1 atom stereocenters. The highest BCUT2D eigenvalue weighted by Gasteiger charge is 2.54. The summed E-state index contributed by atoms with van der Waals surface area (Å²) in [5.41, 5.74) is -0.566. The number of alkyl halides is 3. The van der Waals surface area contributed by atoms with Crippen LogP contribution in [-0.2, 0) is 18.7 Å². The molecule has 1 heterocycles. The smallest absolute Gasteiger partial charge is 0.375 e. The van der Waals surface area contributed by atoms with Crippen LogP contribution >= 0.6 is 0 Å². The Morgan fingerprint density at radius 3 is 2.29 bits per heavy atom. The molecule has 0 aliphatic heterocycles. The Kier molecular flexibility index (Phi) is 5.35. The molecule has 0 unspecified atom stereocenters. The van der Waals surface area contributed by atoms with Crippen molar-refractivity contribution < 1.29 is 18.3 Å². The average Bonchev–Trinajstić information content (AvgIpc) is 2.81. The van der Waals surface area contributed by atoms with Gasteiger partial charge in [0.05, 0.1) is 5.69 Å². The van der Waals surface area contributed by atoms with Gasteiger partial charge in [-0.15, -0.1) is 0 Å².